The fourth-order valence-corrected chi connectivity index (χ4v) is 2.21. The van der Waals surface area contributed by atoms with Crippen molar-refractivity contribution in [2.75, 3.05) is 20.8 Å². The van der Waals surface area contributed by atoms with Gasteiger partial charge in [0.2, 0.25) is 0 Å². The average molecular weight is 260 g/mol. The molecule has 1 aromatic carbocycles. The molecule has 1 amide bonds. The van der Waals surface area contributed by atoms with Gasteiger partial charge in [0, 0.05) is 31.4 Å². The molecule has 2 N–H and O–H groups in total. The maximum absolute atomic E-state index is 11.9. The Labute approximate surface area is 111 Å². The van der Waals surface area contributed by atoms with Crippen molar-refractivity contribution in [1.82, 2.24) is 4.98 Å². The van der Waals surface area contributed by atoms with Crippen molar-refractivity contribution >= 4 is 16.8 Å². The summed E-state index contributed by atoms with van der Waals surface area (Å²) in [4.78, 5) is 16.1. The summed E-state index contributed by atoms with van der Waals surface area (Å²) in [5.41, 5.74) is 5.66. The highest BCUT2D eigenvalue weighted by Gasteiger charge is 2.40. The number of methoxy groups -OCH3 is 2. The first-order valence-electron chi connectivity index (χ1n) is 5.84. The predicted molar refractivity (Wildman–Crippen MR) is 71.5 cm³/mol. The summed E-state index contributed by atoms with van der Waals surface area (Å²) in [7, 11) is 2.94. The van der Waals surface area contributed by atoms with Crippen molar-refractivity contribution in [1.29, 1.82) is 0 Å². The summed E-state index contributed by atoms with van der Waals surface area (Å²) < 4.78 is 10.5. The first-order valence-corrected chi connectivity index (χ1v) is 5.84. The van der Waals surface area contributed by atoms with Crippen LogP contribution in [-0.4, -0.2) is 31.7 Å². The number of pyridine rings is 1. The molecule has 2 rings (SSSR count). The van der Waals surface area contributed by atoms with Gasteiger partial charge in [-0.1, -0.05) is 18.2 Å². The topological polar surface area (TPSA) is 74.4 Å². The van der Waals surface area contributed by atoms with Crippen molar-refractivity contribution in [3.05, 3.63) is 42.1 Å². The Morgan fingerprint density at radius 3 is 2.74 bits per heavy atom. The molecule has 0 aliphatic heterocycles. The van der Waals surface area contributed by atoms with Crippen molar-refractivity contribution in [3.8, 4) is 0 Å². The number of fused-ring (bicyclic) bond motifs is 1. The van der Waals surface area contributed by atoms with E-state index in [0.29, 0.717) is 5.56 Å². The number of amides is 1. The van der Waals surface area contributed by atoms with Gasteiger partial charge in [-0.3, -0.25) is 9.78 Å². The second-order valence-electron chi connectivity index (χ2n) is 4.20. The molecule has 0 radical (unpaired) electrons. The third-order valence-electron chi connectivity index (χ3n) is 3.17. The van der Waals surface area contributed by atoms with Gasteiger partial charge in [0.25, 0.3) is 5.91 Å². The summed E-state index contributed by atoms with van der Waals surface area (Å²) >= 11 is 0. The van der Waals surface area contributed by atoms with E-state index in [9.17, 15) is 4.79 Å². The van der Waals surface area contributed by atoms with Gasteiger partial charge in [-0.15, -0.1) is 0 Å². The number of aromatic nitrogens is 1. The number of carbonyl (C=O) groups is 1. The van der Waals surface area contributed by atoms with Gasteiger partial charge in [0.1, 0.15) is 0 Å². The van der Waals surface area contributed by atoms with E-state index < -0.39 is 11.5 Å². The van der Waals surface area contributed by atoms with E-state index in [1.54, 1.807) is 18.3 Å². The van der Waals surface area contributed by atoms with Crippen LogP contribution in [0.25, 0.3) is 10.9 Å². The third-order valence-corrected chi connectivity index (χ3v) is 3.17. The molecule has 0 aliphatic carbocycles. The van der Waals surface area contributed by atoms with Crippen LogP contribution in [0.2, 0.25) is 0 Å². The molecule has 0 saturated carbocycles. The first kappa shape index (κ1) is 13.5. The number of nitrogens with zero attached hydrogens (tertiary/aromatic N) is 1. The van der Waals surface area contributed by atoms with Gasteiger partial charge in [0.05, 0.1) is 12.1 Å². The van der Waals surface area contributed by atoms with Crippen molar-refractivity contribution in [2.24, 2.45) is 5.73 Å². The lowest BCUT2D eigenvalue weighted by molar-refractivity contribution is -0.148. The van der Waals surface area contributed by atoms with Crippen LogP contribution < -0.4 is 5.73 Å². The monoisotopic (exact) mass is 260 g/mol. The van der Waals surface area contributed by atoms with Crippen molar-refractivity contribution in [2.45, 2.75) is 5.60 Å². The van der Waals surface area contributed by atoms with E-state index in [0.717, 1.165) is 10.9 Å². The zero-order chi connectivity index (χ0) is 13.9. The van der Waals surface area contributed by atoms with Gasteiger partial charge in [-0.25, -0.2) is 0 Å². The highest BCUT2D eigenvalue weighted by Crippen LogP contribution is 2.31. The van der Waals surface area contributed by atoms with E-state index in [4.69, 9.17) is 15.2 Å². The smallest absolute Gasteiger partial charge is 0.256 e. The quantitative estimate of drug-likeness (QED) is 0.876. The van der Waals surface area contributed by atoms with Crippen LogP contribution in [0.1, 0.15) is 5.56 Å². The van der Waals surface area contributed by atoms with Gasteiger partial charge < -0.3 is 15.2 Å². The maximum atomic E-state index is 11.9. The van der Waals surface area contributed by atoms with Crippen molar-refractivity contribution < 1.29 is 14.3 Å². The Hall–Kier alpha value is -1.98. The normalized spacial score (nSPS) is 14.2. The second kappa shape index (κ2) is 5.34. The van der Waals surface area contributed by atoms with Crippen LogP contribution in [0, 0.1) is 0 Å². The zero-order valence-electron chi connectivity index (χ0n) is 10.9. The summed E-state index contributed by atoms with van der Waals surface area (Å²) in [6.45, 7) is 0.0485. The highest BCUT2D eigenvalue weighted by atomic mass is 16.5. The molecule has 1 unspecified atom stereocenters. The Kier molecular flexibility index (Phi) is 3.78. The lowest BCUT2D eigenvalue weighted by Gasteiger charge is -2.29. The minimum atomic E-state index is -1.31. The number of carbonyl (C=O) groups excluding carboxylic acids is 1. The SMILES string of the molecule is COCC(OC)(C(N)=O)c1cccc2ncccc12. The molecule has 0 saturated heterocycles. The molecule has 0 aliphatic rings. The summed E-state index contributed by atoms with van der Waals surface area (Å²) in [6, 6.07) is 9.17. The highest BCUT2D eigenvalue weighted by molar-refractivity contribution is 5.92. The van der Waals surface area contributed by atoms with E-state index >= 15 is 0 Å². The second-order valence-corrected chi connectivity index (χ2v) is 4.20. The molecule has 1 aromatic heterocycles. The van der Waals surface area contributed by atoms with Gasteiger partial charge in [-0.05, 0) is 12.1 Å². The molecular formula is C14H16N2O3. The number of hydrogen-bond donors (Lipinski definition) is 1. The number of nitrogens with two attached hydrogens (primary N) is 1. The fourth-order valence-electron chi connectivity index (χ4n) is 2.21. The molecule has 1 atom stereocenters. The standard InChI is InChI=1S/C14H16N2O3/c1-18-9-14(19-2,13(15)17)11-6-3-7-12-10(11)5-4-8-16-12/h3-8H,9H2,1-2H3,(H2,15,17). The molecule has 0 fully saturated rings. The molecule has 5 nitrogen and oxygen atoms in total. The Morgan fingerprint density at radius 1 is 1.32 bits per heavy atom. The molecule has 0 bridgehead atoms. The molecule has 5 heteroatoms. The van der Waals surface area contributed by atoms with Crippen LogP contribution in [-0.2, 0) is 19.9 Å². The van der Waals surface area contributed by atoms with Crippen LogP contribution in [0.3, 0.4) is 0 Å². The van der Waals surface area contributed by atoms with Crippen LogP contribution in [0.5, 0.6) is 0 Å². The molecule has 100 valence electrons. The summed E-state index contributed by atoms with van der Waals surface area (Å²) in [5.74, 6) is -0.590. The van der Waals surface area contributed by atoms with Gasteiger partial charge in [0.15, 0.2) is 5.60 Å². The first-order chi connectivity index (χ1) is 9.15. The Bertz CT molecular complexity index is 595. The Balaban J connectivity index is 2.72. The summed E-state index contributed by atoms with van der Waals surface area (Å²) in [5, 5.41) is 0.822. The fraction of sp³-hybridized carbons (Fsp3) is 0.286. The number of hydrogen-bond acceptors (Lipinski definition) is 4. The third kappa shape index (κ3) is 2.18. The average Bonchev–Trinajstić information content (AvgIpc) is 2.44. The Morgan fingerprint density at radius 2 is 2.11 bits per heavy atom. The van der Waals surface area contributed by atoms with E-state index in [-0.39, 0.29) is 6.61 Å². The lowest BCUT2D eigenvalue weighted by Crippen LogP contribution is -2.46. The molecule has 1 heterocycles. The molecule has 0 spiro atoms. The number of primary amides is 1. The van der Waals surface area contributed by atoms with E-state index in [1.807, 2.05) is 18.2 Å². The van der Waals surface area contributed by atoms with Gasteiger partial charge in [-0.2, -0.15) is 0 Å². The van der Waals surface area contributed by atoms with Gasteiger partial charge >= 0.3 is 0 Å². The molecular weight excluding hydrogens is 244 g/mol. The largest absolute Gasteiger partial charge is 0.381 e. The lowest BCUT2D eigenvalue weighted by atomic mass is 9.90. The van der Waals surface area contributed by atoms with Crippen molar-refractivity contribution in [3.63, 3.8) is 0 Å². The summed E-state index contributed by atoms with van der Waals surface area (Å²) in [6.07, 6.45) is 1.70. The van der Waals surface area contributed by atoms with E-state index in [2.05, 4.69) is 4.98 Å². The minimum Gasteiger partial charge on any atom is -0.381 e. The molecule has 19 heavy (non-hydrogen) atoms. The van der Waals surface area contributed by atoms with Crippen LogP contribution >= 0.6 is 0 Å². The van der Waals surface area contributed by atoms with Crippen LogP contribution in [0.4, 0.5) is 0 Å². The predicted octanol–water partition coefficient (Wildman–Crippen LogP) is 1.21. The zero-order valence-corrected chi connectivity index (χ0v) is 10.9. The van der Waals surface area contributed by atoms with E-state index in [1.165, 1.54) is 14.2 Å². The number of ether oxygens (including phenoxy) is 2. The van der Waals surface area contributed by atoms with Crippen LogP contribution in [0.15, 0.2) is 36.5 Å². The maximum Gasteiger partial charge on any atom is 0.256 e. The number of benzene rings is 1. The molecule has 2 aromatic rings. The minimum absolute atomic E-state index is 0.0485. The number of rotatable bonds is 5.